The average Bonchev–Trinajstić information content (AvgIpc) is 3.12. The number of nitrogens with one attached hydrogen (secondary N) is 1. The van der Waals surface area contributed by atoms with Crippen molar-refractivity contribution >= 4 is 23.4 Å². The lowest BCUT2D eigenvalue weighted by molar-refractivity contribution is -0.113. The van der Waals surface area contributed by atoms with Crippen LogP contribution >= 0.6 is 11.8 Å². The van der Waals surface area contributed by atoms with Crippen LogP contribution < -0.4 is 24.3 Å². The lowest BCUT2D eigenvalue weighted by Gasteiger charge is -2.13. The van der Waals surface area contributed by atoms with Crippen LogP contribution in [0.4, 0.5) is 5.69 Å². The largest absolute Gasteiger partial charge is 0.490 e. The second kappa shape index (κ2) is 9.41. The molecular formula is C20H23NO5S. The first-order valence-corrected chi connectivity index (χ1v) is 10.0. The van der Waals surface area contributed by atoms with Gasteiger partial charge in [0.05, 0.1) is 19.0 Å². The molecule has 1 heterocycles. The van der Waals surface area contributed by atoms with Crippen LogP contribution in [0.1, 0.15) is 19.4 Å². The number of carbonyl (C=O) groups is 1. The van der Waals surface area contributed by atoms with Gasteiger partial charge in [0, 0.05) is 17.5 Å². The predicted octanol–water partition coefficient (Wildman–Crippen LogP) is 4.08. The van der Waals surface area contributed by atoms with Gasteiger partial charge in [0.25, 0.3) is 0 Å². The number of fused-ring (bicyclic) bond motifs is 1. The lowest BCUT2D eigenvalue weighted by Crippen LogP contribution is -2.14. The quantitative estimate of drug-likeness (QED) is 0.697. The number of benzene rings is 2. The van der Waals surface area contributed by atoms with Crippen LogP contribution in [0.25, 0.3) is 0 Å². The molecule has 0 bridgehead atoms. The van der Waals surface area contributed by atoms with Crippen LogP contribution in [0.15, 0.2) is 36.4 Å². The fourth-order valence-electron chi connectivity index (χ4n) is 2.62. The standard InChI is InChI=1S/C20H23NO5S/c1-3-23-16-8-6-15(10-19(16)24-4-2)21-20(22)12-27-11-14-5-7-17-18(9-14)26-13-25-17/h5-10H,3-4,11-13H2,1-2H3,(H,21,22). The summed E-state index contributed by atoms with van der Waals surface area (Å²) in [5.74, 6) is 3.84. The van der Waals surface area contributed by atoms with Crippen molar-refractivity contribution in [1.29, 1.82) is 0 Å². The number of hydrogen-bond donors (Lipinski definition) is 1. The van der Waals surface area contributed by atoms with E-state index in [1.165, 1.54) is 0 Å². The normalized spacial score (nSPS) is 11.9. The van der Waals surface area contributed by atoms with E-state index >= 15 is 0 Å². The van der Waals surface area contributed by atoms with Crippen LogP contribution in [-0.2, 0) is 10.5 Å². The van der Waals surface area contributed by atoms with E-state index in [1.54, 1.807) is 17.8 Å². The molecule has 1 N–H and O–H groups in total. The minimum Gasteiger partial charge on any atom is -0.490 e. The summed E-state index contributed by atoms with van der Waals surface area (Å²) >= 11 is 1.54. The van der Waals surface area contributed by atoms with Gasteiger partial charge in [-0.15, -0.1) is 11.8 Å². The molecule has 0 fully saturated rings. The highest BCUT2D eigenvalue weighted by Gasteiger charge is 2.13. The van der Waals surface area contributed by atoms with Crippen LogP contribution in [0.2, 0.25) is 0 Å². The Bertz CT molecular complexity index is 796. The van der Waals surface area contributed by atoms with E-state index in [-0.39, 0.29) is 12.7 Å². The summed E-state index contributed by atoms with van der Waals surface area (Å²) in [4.78, 5) is 12.2. The van der Waals surface area contributed by atoms with Crippen molar-refractivity contribution in [2.24, 2.45) is 0 Å². The third kappa shape index (κ3) is 5.23. The molecule has 0 saturated heterocycles. The zero-order valence-electron chi connectivity index (χ0n) is 15.4. The Balaban J connectivity index is 1.51. The van der Waals surface area contributed by atoms with Gasteiger partial charge in [0.2, 0.25) is 12.7 Å². The lowest BCUT2D eigenvalue weighted by atomic mass is 10.2. The molecule has 2 aromatic carbocycles. The molecule has 144 valence electrons. The van der Waals surface area contributed by atoms with E-state index in [4.69, 9.17) is 18.9 Å². The van der Waals surface area contributed by atoms with Crippen LogP contribution in [-0.4, -0.2) is 31.7 Å². The maximum Gasteiger partial charge on any atom is 0.234 e. The van der Waals surface area contributed by atoms with Crippen molar-refractivity contribution in [2.45, 2.75) is 19.6 Å². The summed E-state index contributed by atoms with van der Waals surface area (Å²) in [6.07, 6.45) is 0. The summed E-state index contributed by atoms with van der Waals surface area (Å²) < 4.78 is 21.8. The van der Waals surface area contributed by atoms with E-state index < -0.39 is 0 Å². The molecule has 1 amide bonds. The fraction of sp³-hybridized carbons (Fsp3) is 0.350. The Hall–Kier alpha value is -2.54. The molecule has 6 nitrogen and oxygen atoms in total. The molecule has 27 heavy (non-hydrogen) atoms. The molecule has 0 unspecified atom stereocenters. The number of rotatable bonds is 9. The highest BCUT2D eigenvalue weighted by atomic mass is 32.2. The van der Waals surface area contributed by atoms with E-state index in [0.29, 0.717) is 36.2 Å². The minimum atomic E-state index is -0.0626. The van der Waals surface area contributed by atoms with Gasteiger partial charge in [0.1, 0.15) is 0 Å². The molecule has 0 aliphatic carbocycles. The Morgan fingerprint density at radius 2 is 1.81 bits per heavy atom. The minimum absolute atomic E-state index is 0.0626. The van der Waals surface area contributed by atoms with Crippen molar-refractivity contribution in [3.63, 3.8) is 0 Å². The smallest absolute Gasteiger partial charge is 0.234 e. The maximum absolute atomic E-state index is 12.2. The monoisotopic (exact) mass is 389 g/mol. The molecule has 1 aliphatic rings. The summed E-state index contributed by atoms with van der Waals surface area (Å²) in [5.41, 5.74) is 1.78. The first-order valence-electron chi connectivity index (χ1n) is 8.85. The first-order chi connectivity index (χ1) is 13.2. The van der Waals surface area contributed by atoms with E-state index in [0.717, 1.165) is 22.8 Å². The van der Waals surface area contributed by atoms with Crippen molar-refractivity contribution in [3.05, 3.63) is 42.0 Å². The Morgan fingerprint density at radius 3 is 2.63 bits per heavy atom. The third-order valence-electron chi connectivity index (χ3n) is 3.77. The number of anilines is 1. The number of amides is 1. The van der Waals surface area contributed by atoms with Gasteiger partial charge < -0.3 is 24.3 Å². The Kier molecular flexibility index (Phi) is 6.70. The highest BCUT2D eigenvalue weighted by molar-refractivity contribution is 7.99. The Morgan fingerprint density at radius 1 is 1.04 bits per heavy atom. The van der Waals surface area contributed by atoms with Crippen LogP contribution in [0, 0.1) is 0 Å². The molecule has 2 aromatic rings. The van der Waals surface area contributed by atoms with Gasteiger partial charge in [-0.05, 0) is 43.7 Å². The zero-order chi connectivity index (χ0) is 19.1. The first kappa shape index (κ1) is 19.2. The second-order valence-corrected chi connectivity index (χ2v) is 6.74. The van der Waals surface area contributed by atoms with Crippen molar-refractivity contribution in [3.8, 4) is 23.0 Å². The van der Waals surface area contributed by atoms with Gasteiger partial charge in [0.15, 0.2) is 23.0 Å². The molecule has 0 saturated carbocycles. The van der Waals surface area contributed by atoms with E-state index in [9.17, 15) is 4.79 Å². The molecule has 0 spiro atoms. The second-order valence-electron chi connectivity index (χ2n) is 5.76. The summed E-state index contributed by atoms with van der Waals surface area (Å²) in [5, 5.41) is 2.90. The fourth-order valence-corrected chi connectivity index (χ4v) is 3.39. The van der Waals surface area contributed by atoms with Crippen LogP contribution in [0.3, 0.4) is 0 Å². The number of thioether (sulfide) groups is 1. The molecule has 3 rings (SSSR count). The van der Waals surface area contributed by atoms with Crippen molar-refractivity contribution < 1.29 is 23.7 Å². The third-order valence-corrected chi connectivity index (χ3v) is 4.77. The molecule has 0 aromatic heterocycles. The molecule has 0 atom stereocenters. The van der Waals surface area contributed by atoms with Crippen molar-refractivity contribution in [1.82, 2.24) is 0 Å². The van der Waals surface area contributed by atoms with Gasteiger partial charge in [-0.25, -0.2) is 0 Å². The Labute approximate surface area is 163 Å². The van der Waals surface area contributed by atoms with Gasteiger partial charge in [-0.3, -0.25) is 4.79 Å². The molecule has 7 heteroatoms. The maximum atomic E-state index is 12.2. The SMILES string of the molecule is CCOc1ccc(NC(=O)CSCc2ccc3c(c2)OCO3)cc1OCC. The number of hydrogen-bond acceptors (Lipinski definition) is 6. The summed E-state index contributed by atoms with van der Waals surface area (Å²) in [7, 11) is 0. The van der Waals surface area contributed by atoms with Gasteiger partial charge in [-0.2, -0.15) is 0 Å². The summed E-state index contributed by atoms with van der Waals surface area (Å²) in [6, 6.07) is 11.2. The zero-order valence-corrected chi connectivity index (χ0v) is 16.3. The van der Waals surface area contributed by atoms with E-state index in [2.05, 4.69) is 5.32 Å². The molecule has 0 radical (unpaired) electrons. The number of ether oxygens (including phenoxy) is 4. The number of carbonyl (C=O) groups excluding carboxylic acids is 1. The molecular weight excluding hydrogens is 366 g/mol. The predicted molar refractivity (Wildman–Crippen MR) is 106 cm³/mol. The van der Waals surface area contributed by atoms with Crippen LogP contribution in [0.5, 0.6) is 23.0 Å². The van der Waals surface area contributed by atoms with E-state index in [1.807, 2.05) is 44.2 Å². The van der Waals surface area contributed by atoms with Crippen molar-refractivity contribution in [2.75, 3.05) is 31.1 Å². The summed E-state index contributed by atoms with van der Waals surface area (Å²) in [6.45, 7) is 5.18. The van der Waals surface area contributed by atoms with Gasteiger partial charge >= 0.3 is 0 Å². The van der Waals surface area contributed by atoms with Gasteiger partial charge in [-0.1, -0.05) is 6.07 Å². The highest BCUT2D eigenvalue weighted by Crippen LogP contribution is 2.33. The average molecular weight is 389 g/mol. The topological polar surface area (TPSA) is 66.0 Å². The molecule has 1 aliphatic heterocycles.